The molecule has 0 aliphatic heterocycles. The van der Waals surface area contributed by atoms with Crippen molar-refractivity contribution < 1.29 is 22.9 Å². The van der Waals surface area contributed by atoms with Crippen LogP contribution in [0, 0.1) is 10.1 Å². The number of hydrogen-bond donors (Lipinski definition) is 3. The van der Waals surface area contributed by atoms with Crippen LogP contribution >= 0.6 is 0 Å². The highest BCUT2D eigenvalue weighted by Gasteiger charge is 2.21. The maximum absolute atomic E-state index is 12.9. The summed E-state index contributed by atoms with van der Waals surface area (Å²) in [5.41, 5.74) is 0.335. The van der Waals surface area contributed by atoms with Gasteiger partial charge in [0.1, 0.15) is 0 Å². The van der Waals surface area contributed by atoms with E-state index in [4.69, 9.17) is 0 Å². The van der Waals surface area contributed by atoms with Gasteiger partial charge in [-0.25, -0.2) is 8.42 Å². The van der Waals surface area contributed by atoms with Gasteiger partial charge in [-0.15, -0.1) is 0 Å². The van der Waals surface area contributed by atoms with E-state index in [-0.39, 0.29) is 27.7 Å². The highest BCUT2D eigenvalue weighted by molar-refractivity contribution is 7.92. The molecule has 0 aliphatic rings. The zero-order valence-corrected chi connectivity index (χ0v) is 18.3. The fraction of sp³-hybridized carbons (Fsp3) is 0.0909. The Labute approximate surface area is 189 Å². The Hall–Kier alpha value is -4.25. The molecule has 2 amide bonds. The lowest BCUT2D eigenvalue weighted by Crippen LogP contribution is -2.23. The minimum atomic E-state index is -4.21. The molecule has 11 heteroatoms. The first-order chi connectivity index (χ1) is 15.7. The van der Waals surface area contributed by atoms with Crippen LogP contribution < -0.4 is 15.4 Å². The number of benzene rings is 3. The molecule has 3 rings (SSSR count). The number of nitro groups is 1. The molecule has 0 unspecified atom stereocenters. The van der Waals surface area contributed by atoms with Gasteiger partial charge in [-0.3, -0.25) is 24.4 Å². The van der Waals surface area contributed by atoms with E-state index in [2.05, 4.69) is 15.4 Å². The molecule has 3 aromatic carbocycles. The van der Waals surface area contributed by atoms with Crippen LogP contribution in [0.25, 0.3) is 0 Å². The van der Waals surface area contributed by atoms with Gasteiger partial charge in [0.05, 0.1) is 21.1 Å². The van der Waals surface area contributed by atoms with Crippen LogP contribution in [-0.2, 0) is 10.0 Å². The highest BCUT2D eigenvalue weighted by atomic mass is 32.2. The summed E-state index contributed by atoms with van der Waals surface area (Å²) in [6.07, 6.45) is 0. The fourth-order valence-corrected chi connectivity index (χ4v) is 4.06. The van der Waals surface area contributed by atoms with Crippen molar-refractivity contribution in [3.8, 4) is 0 Å². The van der Waals surface area contributed by atoms with Crippen LogP contribution in [0.3, 0.4) is 0 Å². The highest BCUT2D eigenvalue weighted by Crippen LogP contribution is 2.24. The summed E-state index contributed by atoms with van der Waals surface area (Å²) in [4.78, 5) is 34.8. The van der Waals surface area contributed by atoms with Crippen LogP contribution in [0.1, 0.15) is 27.6 Å². The number of nitrogens with one attached hydrogen (secondary N) is 3. The van der Waals surface area contributed by atoms with Crippen molar-refractivity contribution in [1.29, 1.82) is 0 Å². The molecule has 0 atom stereocenters. The van der Waals surface area contributed by atoms with E-state index in [9.17, 15) is 28.1 Å². The van der Waals surface area contributed by atoms with E-state index < -0.39 is 20.9 Å². The minimum absolute atomic E-state index is 0.0126. The SMILES string of the molecule is CCNC(=O)c1cccc(NC(=O)c2ccccc2NS(=O)(=O)c2cccc([N+](=O)[O-])c2)c1. The summed E-state index contributed by atoms with van der Waals surface area (Å²) in [5, 5.41) is 16.3. The Bertz CT molecular complexity index is 1320. The van der Waals surface area contributed by atoms with E-state index in [0.29, 0.717) is 17.8 Å². The maximum atomic E-state index is 12.9. The normalized spacial score (nSPS) is 10.8. The van der Waals surface area contributed by atoms with Crippen molar-refractivity contribution in [3.63, 3.8) is 0 Å². The van der Waals surface area contributed by atoms with Crippen LogP contribution in [0.15, 0.2) is 77.7 Å². The molecule has 0 radical (unpaired) electrons. The number of para-hydroxylation sites is 1. The standard InChI is InChI=1S/C22H20N4O6S/c1-2-23-21(27)15-7-5-8-16(13-15)24-22(28)19-11-3-4-12-20(19)25-33(31,32)18-10-6-9-17(14-18)26(29)30/h3-14,25H,2H2,1H3,(H,23,27)(H,24,28). The van der Waals surface area contributed by atoms with Crippen LogP contribution in [0.5, 0.6) is 0 Å². The van der Waals surface area contributed by atoms with Gasteiger partial charge in [0.2, 0.25) is 0 Å². The third-order valence-corrected chi connectivity index (χ3v) is 5.84. The second kappa shape index (κ2) is 9.92. The van der Waals surface area contributed by atoms with Gasteiger partial charge < -0.3 is 10.6 Å². The summed E-state index contributed by atoms with van der Waals surface area (Å²) in [7, 11) is -4.21. The average Bonchev–Trinajstić information content (AvgIpc) is 2.79. The van der Waals surface area contributed by atoms with E-state index >= 15 is 0 Å². The molecule has 3 aromatic rings. The zero-order chi connectivity index (χ0) is 24.0. The smallest absolute Gasteiger partial charge is 0.270 e. The molecule has 33 heavy (non-hydrogen) atoms. The first-order valence-corrected chi connectivity index (χ1v) is 11.3. The molecule has 0 spiro atoms. The molecule has 0 fully saturated rings. The van der Waals surface area contributed by atoms with Gasteiger partial charge >= 0.3 is 0 Å². The topological polar surface area (TPSA) is 148 Å². The third kappa shape index (κ3) is 5.71. The number of carbonyl (C=O) groups excluding carboxylic acids is 2. The summed E-state index contributed by atoms with van der Waals surface area (Å²) in [6.45, 7) is 2.24. The lowest BCUT2D eigenvalue weighted by molar-refractivity contribution is -0.385. The number of carbonyl (C=O) groups is 2. The molecular weight excluding hydrogens is 448 g/mol. The number of rotatable bonds is 8. The fourth-order valence-electron chi connectivity index (χ4n) is 2.94. The minimum Gasteiger partial charge on any atom is -0.352 e. The number of sulfonamides is 1. The van der Waals surface area contributed by atoms with E-state index in [1.165, 1.54) is 42.5 Å². The van der Waals surface area contributed by atoms with Crippen molar-refractivity contribution in [2.45, 2.75) is 11.8 Å². The van der Waals surface area contributed by atoms with Gasteiger partial charge in [-0.2, -0.15) is 0 Å². The Morgan fingerprint density at radius 2 is 1.67 bits per heavy atom. The first kappa shape index (κ1) is 23.4. The quantitative estimate of drug-likeness (QED) is 0.341. The molecule has 0 saturated carbocycles. The number of hydrogen-bond acceptors (Lipinski definition) is 6. The van der Waals surface area contributed by atoms with Gasteiger partial charge in [0.25, 0.3) is 27.5 Å². The lowest BCUT2D eigenvalue weighted by atomic mass is 10.1. The Morgan fingerprint density at radius 3 is 2.39 bits per heavy atom. The first-order valence-electron chi connectivity index (χ1n) is 9.77. The summed E-state index contributed by atoms with van der Waals surface area (Å²) >= 11 is 0. The van der Waals surface area contributed by atoms with Crippen molar-refractivity contribution in [1.82, 2.24) is 5.32 Å². The number of nitrogens with zero attached hydrogens (tertiary/aromatic N) is 1. The lowest BCUT2D eigenvalue weighted by Gasteiger charge is -2.13. The number of anilines is 2. The zero-order valence-electron chi connectivity index (χ0n) is 17.4. The van der Waals surface area contributed by atoms with Crippen molar-refractivity contribution in [2.24, 2.45) is 0 Å². The molecule has 0 aromatic heterocycles. The van der Waals surface area contributed by atoms with Crippen LogP contribution in [0.4, 0.5) is 17.1 Å². The molecule has 0 saturated heterocycles. The maximum Gasteiger partial charge on any atom is 0.270 e. The Balaban J connectivity index is 1.85. The number of amides is 2. The van der Waals surface area contributed by atoms with Crippen LogP contribution in [-0.4, -0.2) is 31.7 Å². The Kier molecular flexibility index (Phi) is 7.04. The Morgan fingerprint density at radius 1 is 0.939 bits per heavy atom. The van der Waals surface area contributed by atoms with E-state index in [1.54, 1.807) is 31.2 Å². The van der Waals surface area contributed by atoms with Gasteiger partial charge in [0.15, 0.2) is 0 Å². The average molecular weight is 468 g/mol. The molecule has 170 valence electrons. The van der Waals surface area contributed by atoms with Crippen molar-refractivity contribution >= 4 is 38.9 Å². The van der Waals surface area contributed by atoms with E-state index in [0.717, 1.165) is 6.07 Å². The van der Waals surface area contributed by atoms with Crippen molar-refractivity contribution in [2.75, 3.05) is 16.6 Å². The number of nitro benzene ring substituents is 1. The molecule has 3 N–H and O–H groups in total. The molecular formula is C22H20N4O6S. The summed E-state index contributed by atoms with van der Waals surface area (Å²) in [6, 6.07) is 16.8. The summed E-state index contributed by atoms with van der Waals surface area (Å²) in [5.74, 6) is -0.904. The van der Waals surface area contributed by atoms with E-state index in [1.807, 2.05) is 0 Å². The third-order valence-electron chi connectivity index (χ3n) is 4.47. The predicted molar refractivity (Wildman–Crippen MR) is 123 cm³/mol. The number of non-ortho nitro benzene ring substituents is 1. The second-order valence-electron chi connectivity index (χ2n) is 6.80. The monoisotopic (exact) mass is 468 g/mol. The van der Waals surface area contributed by atoms with Crippen LogP contribution in [0.2, 0.25) is 0 Å². The molecule has 10 nitrogen and oxygen atoms in total. The van der Waals surface area contributed by atoms with Crippen molar-refractivity contribution in [3.05, 3.63) is 94.0 Å². The molecule has 0 aliphatic carbocycles. The molecule has 0 bridgehead atoms. The summed E-state index contributed by atoms with van der Waals surface area (Å²) < 4.78 is 27.9. The van der Waals surface area contributed by atoms with Gasteiger partial charge in [-0.1, -0.05) is 24.3 Å². The predicted octanol–water partition coefficient (Wildman–Crippen LogP) is 3.40. The van der Waals surface area contributed by atoms with Gasteiger partial charge in [-0.05, 0) is 43.3 Å². The molecule has 0 heterocycles. The largest absolute Gasteiger partial charge is 0.352 e. The second-order valence-corrected chi connectivity index (χ2v) is 8.48. The van der Waals surface area contributed by atoms with Gasteiger partial charge in [0, 0.05) is 29.9 Å².